The Kier molecular flexibility index (Phi) is 5.67. The van der Waals surface area contributed by atoms with Crippen molar-refractivity contribution in [3.63, 3.8) is 0 Å². The van der Waals surface area contributed by atoms with Crippen LogP contribution in [0.1, 0.15) is 37.6 Å². The molecule has 0 saturated carbocycles. The quantitative estimate of drug-likeness (QED) is 0.817. The van der Waals surface area contributed by atoms with E-state index in [2.05, 4.69) is 17.3 Å². The summed E-state index contributed by atoms with van der Waals surface area (Å²) in [5.41, 5.74) is 1.89. The maximum Gasteiger partial charge on any atom is 0.0900 e. The summed E-state index contributed by atoms with van der Waals surface area (Å²) in [5.74, 6) is 0.766. The van der Waals surface area contributed by atoms with Crippen LogP contribution in [0.3, 0.4) is 0 Å². The topological polar surface area (TPSA) is 39.1 Å². The van der Waals surface area contributed by atoms with Crippen LogP contribution in [-0.4, -0.2) is 29.5 Å². The molecule has 1 atom stereocenters. The summed E-state index contributed by atoms with van der Waals surface area (Å²) in [7, 11) is 0. The molecule has 1 saturated heterocycles. The molecule has 0 bridgehead atoms. The predicted molar refractivity (Wildman–Crippen MR) is 77.5 cm³/mol. The monoisotopic (exact) mass is 285 g/mol. The van der Waals surface area contributed by atoms with Gasteiger partial charge in [-0.05, 0) is 52.1 Å². The van der Waals surface area contributed by atoms with Crippen molar-refractivity contribution in [2.24, 2.45) is 5.92 Å². The number of rotatable bonds is 6. The molecule has 2 rings (SSSR count). The molecular weight excluding hydrogens is 262 g/mol. The third-order valence-corrected chi connectivity index (χ3v) is 4.25. The lowest BCUT2D eigenvalue weighted by Gasteiger charge is -2.22. The summed E-state index contributed by atoms with van der Waals surface area (Å²) in [6.45, 7) is 8.51. The lowest BCUT2D eigenvalue weighted by atomic mass is 9.97. The largest absolute Gasteiger partial charge is 0.375 e. The van der Waals surface area contributed by atoms with Crippen molar-refractivity contribution in [1.82, 2.24) is 15.1 Å². The number of hydrogen-bond acceptors (Lipinski definition) is 3. The summed E-state index contributed by atoms with van der Waals surface area (Å²) in [5, 5.41) is 8.58. The van der Waals surface area contributed by atoms with Gasteiger partial charge in [0.2, 0.25) is 0 Å². The van der Waals surface area contributed by atoms with Crippen LogP contribution >= 0.6 is 11.6 Å². The van der Waals surface area contributed by atoms with Gasteiger partial charge in [-0.2, -0.15) is 5.10 Å². The fourth-order valence-electron chi connectivity index (χ4n) is 2.60. The molecule has 1 fully saturated rings. The van der Waals surface area contributed by atoms with Crippen LogP contribution in [0.2, 0.25) is 5.02 Å². The molecule has 0 amide bonds. The molecule has 108 valence electrons. The maximum absolute atomic E-state index is 6.25. The second-order valence-corrected chi connectivity index (χ2v) is 5.59. The zero-order chi connectivity index (χ0) is 13.7. The van der Waals surface area contributed by atoms with Gasteiger partial charge in [-0.15, -0.1) is 0 Å². The Labute approximate surface area is 120 Å². The molecule has 1 aliphatic rings. The second kappa shape index (κ2) is 7.27. The molecule has 0 aliphatic carbocycles. The molecule has 1 N–H and O–H groups in total. The Morgan fingerprint density at radius 1 is 1.53 bits per heavy atom. The van der Waals surface area contributed by atoms with Crippen molar-refractivity contribution < 1.29 is 4.74 Å². The number of ether oxygens (including phenoxy) is 1. The minimum absolute atomic E-state index is 0.563. The number of aromatic nitrogens is 2. The molecule has 4 nitrogen and oxygen atoms in total. The minimum Gasteiger partial charge on any atom is -0.375 e. The average Bonchev–Trinajstić information content (AvgIpc) is 2.72. The second-order valence-electron chi connectivity index (χ2n) is 5.22. The van der Waals surface area contributed by atoms with Crippen LogP contribution in [0.5, 0.6) is 0 Å². The number of hydrogen-bond donors (Lipinski definition) is 1. The fourth-order valence-corrected chi connectivity index (χ4v) is 2.79. The van der Waals surface area contributed by atoms with E-state index in [0.717, 1.165) is 48.4 Å². The van der Waals surface area contributed by atoms with E-state index in [-0.39, 0.29) is 0 Å². The SMILES string of the molecule is CCn1nc(C)c(Cl)c1COCCC1CCCNC1. The van der Waals surface area contributed by atoms with Crippen molar-refractivity contribution in [1.29, 1.82) is 0 Å². The highest BCUT2D eigenvalue weighted by Gasteiger charge is 2.14. The van der Waals surface area contributed by atoms with Crippen molar-refractivity contribution in [3.8, 4) is 0 Å². The smallest absolute Gasteiger partial charge is 0.0900 e. The van der Waals surface area contributed by atoms with E-state index in [4.69, 9.17) is 16.3 Å². The van der Waals surface area contributed by atoms with Gasteiger partial charge in [-0.3, -0.25) is 4.68 Å². The van der Waals surface area contributed by atoms with Gasteiger partial charge in [0.15, 0.2) is 0 Å². The summed E-state index contributed by atoms with van der Waals surface area (Å²) in [4.78, 5) is 0. The van der Waals surface area contributed by atoms with Gasteiger partial charge >= 0.3 is 0 Å². The van der Waals surface area contributed by atoms with Crippen LogP contribution < -0.4 is 5.32 Å². The minimum atomic E-state index is 0.563. The normalized spacial score (nSPS) is 19.8. The van der Waals surface area contributed by atoms with E-state index in [0.29, 0.717) is 6.61 Å². The molecule has 1 aromatic rings. The van der Waals surface area contributed by atoms with E-state index in [9.17, 15) is 0 Å². The third kappa shape index (κ3) is 3.94. The predicted octanol–water partition coefficient (Wildman–Crippen LogP) is 2.77. The molecule has 2 heterocycles. The van der Waals surface area contributed by atoms with Gasteiger partial charge < -0.3 is 10.1 Å². The molecule has 19 heavy (non-hydrogen) atoms. The first-order chi connectivity index (χ1) is 9.22. The number of piperidine rings is 1. The van der Waals surface area contributed by atoms with E-state index in [1.807, 2.05) is 11.6 Å². The summed E-state index contributed by atoms with van der Waals surface area (Å²) >= 11 is 6.25. The van der Waals surface area contributed by atoms with Crippen LogP contribution in [-0.2, 0) is 17.9 Å². The van der Waals surface area contributed by atoms with E-state index < -0.39 is 0 Å². The standard InChI is InChI=1S/C14H24ClN3O/c1-3-18-13(14(15)11(2)17-18)10-19-8-6-12-5-4-7-16-9-12/h12,16H,3-10H2,1-2H3. The Balaban J connectivity index is 1.76. The summed E-state index contributed by atoms with van der Waals surface area (Å²) in [6.07, 6.45) is 3.74. The Hall–Kier alpha value is -0.580. The van der Waals surface area contributed by atoms with Crippen LogP contribution in [0.4, 0.5) is 0 Å². The fraction of sp³-hybridized carbons (Fsp3) is 0.786. The number of aryl methyl sites for hydroxylation is 2. The van der Waals surface area contributed by atoms with Gasteiger partial charge in [-0.25, -0.2) is 0 Å². The molecule has 0 aromatic carbocycles. The number of nitrogens with one attached hydrogen (secondary N) is 1. The maximum atomic E-state index is 6.25. The first-order valence-electron chi connectivity index (χ1n) is 7.22. The molecule has 1 aliphatic heterocycles. The van der Waals surface area contributed by atoms with E-state index >= 15 is 0 Å². The molecule has 1 aromatic heterocycles. The number of nitrogens with zero attached hydrogens (tertiary/aromatic N) is 2. The molecule has 1 unspecified atom stereocenters. The van der Waals surface area contributed by atoms with Gasteiger partial charge in [0, 0.05) is 13.2 Å². The van der Waals surface area contributed by atoms with Gasteiger partial charge in [0.25, 0.3) is 0 Å². The molecule has 5 heteroatoms. The average molecular weight is 286 g/mol. The highest BCUT2D eigenvalue weighted by Crippen LogP contribution is 2.21. The van der Waals surface area contributed by atoms with Crippen molar-refractivity contribution >= 4 is 11.6 Å². The van der Waals surface area contributed by atoms with Gasteiger partial charge in [0.05, 0.1) is 23.0 Å². The zero-order valence-electron chi connectivity index (χ0n) is 11.9. The number of halogens is 1. The highest BCUT2D eigenvalue weighted by molar-refractivity contribution is 6.31. The Bertz CT molecular complexity index is 400. The van der Waals surface area contributed by atoms with E-state index in [1.54, 1.807) is 0 Å². The van der Waals surface area contributed by atoms with Crippen LogP contribution in [0.15, 0.2) is 0 Å². The Morgan fingerprint density at radius 3 is 3.05 bits per heavy atom. The van der Waals surface area contributed by atoms with Gasteiger partial charge in [0.1, 0.15) is 0 Å². The van der Waals surface area contributed by atoms with Crippen molar-refractivity contribution in [2.75, 3.05) is 19.7 Å². The summed E-state index contributed by atoms with van der Waals surface area (Å²) < 4.78 is 7.72. The van der Waals surface area contributed by atoms with Crippen LogP contribution in [0, 0.1) is 12.8 Å². The third-order valence-electron chi connectivity index (χ3n) is 3.76. The Morgan fingerprint density at radius 2 is 2.37 bits per heavy atom. The molecular formula is C14H24ClN3O. The molecule has 0 spiro atoms. The molecule has 0 radical (unpaired) electrons. The zero-order valence-corrected chi connectivity index (χ0v) is 12.7. The highest BCUT2D eigenvalue weighted by atomic mass is 35.5. The summed E-state index contributed by atoms with van der Waals surface area (Å²) in [6, 6.07) is 0. The first kappa shape index (κ1) is 14.8. The van der Waals surface area contributed by atoms with Crippen molar-refractivity contribution in [2.45, 2.75) is 46.3 Å². The van der Waals surface area contributed by atoms with Crippen LogP contribution in [0.25, 0.3) is 0 Å². The van der Waals surface area contributed by atoms with E-state index in [1.165, 1.54) is 19.4 Å². The lowest BCUT2D eigenvalue weighted by molar-refractivity contribution is 0.0984. The van der Waals surface area contributed by atoms with Crippen molar-refractivity contribution in [3.05, 3.63) is 16.4 Å². The van der Waals surface area contributed by atoms with Gasteiger partial charge in [-0.1, -0.05) is 11.6 Å². The lowest BCUT2D eigenvalue weighted by Crippen LogP contribution is -2.30. The first-order valence-corrected chi connectivity index (χ1v) is 7.60.